The Hall–Kier alpha value is -1.63. The number of rotatable bonds is 9. The fraction of sp³-hybridized carbons (Fsp3) is 0.857. The summed E-state index contributed by atoms with van der Waals surface area (Å²) in [7, 11) is 0. The molecule has 0 unspecified atom stereocenters. The van der Waals surface area contributed by atoms with Gasteiger partial charge in [-0.05, 0) is 31.6 Å². The molecule has 28 heavy (non-hydrogen) atoms. The van der Waals surface area contributed by atoms with Gasteiger partial charge in [0.25, 0.3) is 0 Å². The molecule has 1 heterocycles. The van der Waals surface area contributed by atoms with Gasteiger partial charge < -0.3 is 20.9 Å². The number of nitrogens with zero attached hydrogens (tertiary/aromatic N) is 2. The van der Waals surface area contributed by atoms with Crippen molar-refractivity contribution in [2.75, 3.05) is 32.7 Å². The van der Waals surface area contributed by atoms with Gasteiger partial charge >= 0.3 is 0 Å². The van der Waals surface area contributed by atoms with Crippen molar-refractivity contribution in [3.05, 3.63) is 0 Å². The topological polar surface area (TPSA) is 95.7 Å². The van der Waals surface area contributed by atoms with E-state index in [9.17, 15) is 14.4 Å². The van der Waals surface area contributed by atoms with Crippen molar-refractivity contribution in [1.82, 2.24) is 15.1 Å². The Bertz CT molecular complexity index is 536. The molecule has 7 nitrogen and oxygen atoms in total. The molecule has 1 aliphatic heterocycles. The van der Waals surface area contributed by atoms with Crippen LogP contribution in [-0.4, -0.2) is 65.8 Å². The second kappa shape index (κ2) is 10.8. The smallest absolute Gasteiger partial charge is 0.240 e. The molecule has 3 N–H and O–H groups in total. The highest BCUT2D eigenvalue weighted by Gasteiger charge is 2.36. The number of carbonyl (C=O) groups excluding carboxylic acids is 3. The zero-order valence-corrected chi connectivity index (χ0v) is 17.7. The summed E-state index contributed by atoms with van der Waals surface area (Å²) in [4.78, 5) is 40.3. The number of hydrogen-bond acceptors (Lipinski definition) is 4. The first-order valence-corrected chi connectivity index (χ1v) is 10.9. The van der Waals surface area contributed by atoms with Crippen LogP contribution in [0.5, 0.6) is 0 Å². The van der Waals surface area contributed by atoms with Crippen molar-refractivity contribution in [1.29, 1.82) is 0 Å². The molecule has 2 fully saturated rings. The molecular weight excluding hydrogens is 356 g/mol. The van der Waals surface area contributed by atoms with Crippen LogP contribution in [0.15, 0.2) is 0 Å². The Kier molecular flexibility index (Phi) is 8.73. The van der Waals surface area contributed by atoms with Gasteiger partial charge in [-0.15, -0.1) is 0 Å². The van der Waals surface area contributed by atoms with Crippen molar-refractivity contribution in [2.45, 2.75) is 77.2 Å². The van der Waals surface area contributed by atoms with E-state index in [2.05, 4.69) is 5.32 Å². The summed E-state index contributed by atoms with van der Waals surface area (Å²) in [6, 6.07) is 0. The van der Waals surface area contributed by atoms with Crippen molar-refractivity contribution in [2.24, 2.45) is 11.7 Å². The lowest BCUT2D eigenvalue weighted by molar-refractivity contribution is -0.140. The van der Waals surface area contributed by atoms with Crippen LogP contribution >= 0.6 is 0 Å². The van der Waals surface area contributed by atoms with Crippen LogP contribution < -0.4 is 11.1 Å². The third-order valence-corrected chi connectivity index (χ3v) is 5.87. The highest BCUT2D eigenvalue weighted by atomic mass is 16.2. The van der Waals surface area contributed by atoms with Crippen LogP contribution in [0.2, 0.25) is 0 Å². The summed E-state index contributed by atoms with van der Waals surface area (Å²) < 4.78 is 0. The van der Waals surface area contributed by atoms with Gasteiger partial charge in [-0.2, -0.15) is 0 Å². The average molecular weight is 395 g/mol. The number of piperazine rings is 1. The highest BCUT2D eigenvalue weighted by molar-refractivity contribution is 5.86. The predicted octanol–water partition coefficient (Wildman–Crippen LogP) is 1.65. The van der Waals surface area contributed by atoms with Crippen LogP contribution in [0.4, 0.5) is 0 Å². The third kappa shape index (κ3) is 6.76. The van der Waals surface area contributed by atoms with Gasteiger partial charge in [0.2, 0.25) is 17.7 Å². The van der Waals surface area contributed by atoms with E-state index in [1.165, 1.54) is 0 Å². The SMILES string of the molecule is CC(C)CC(=O)N1CCN(C(=O)CCCCCNC(=O)C2(N)CCCC2)CC1. The molecule has 0 aromatic heterocycles. The van der Waals surface area contributed by atoms with Gasteiger partial charge in [0.1, 0.15) is 0 Å². The lowest BCUT2D eigenvalue weighted by Crippen LogP contribution is -2.52. The van der Waals surface area contributed by atoms with Gasteiger partial charge in [-0.1, -0.05) is 33.1 Å². The van der Waals surface area contributed by atoms with Gasteiger partial charge in [-0.25, -0.2) is 0 Å². The van der Waals surface area contributed by atoms with E-state index in [-0.39, 0.29) is 17.7 Å². The normalized spacial score (nSPS) is 19.1. The van der Waals surface area contributed by atoms with E-state index in [0.717, 1.165) is 44.9 Å². The number of unbranched alkanes of at least 4 members (excludes halogenated alkanes) is 2. The molecule has 0 spiro atoms. The maximum absolute atomic E-state index is 12.3. The first-order valence-electron chi connectivity index (χ1n) is 10.9. The minimum atomic E-state index is -0.658. The fourth-order valence-corrected chi connectivity index (χ4v) is 4.03. The molecule has 0 aromatic rings. The number of carbonyl (C=O) groups is 3. The molecule has 3 amide bonds. The molecule has 7 heteroatoms. The standard InChI is InChI=1S/C21H38N4O3/c1-17(2)16-19(27)25-14-12-24(13-15-25)18(26)8-4-3-7-11-23-20(28)21(22)9-5-6-10-21/h17H,3-16,22H2,1-2H3,(H,23,28). The summed E-state index contributed by atoms with van der Waals surface area (Å²) >= 11 is 0. The Morgan fingerprint density at radius 1 is 0.929 bits per heavy atom. The van der Waals surface area contributed by atoms with Crippen molar-refractivity contribution < 1.29 is 14.4 Å². The Morgan fingerprint density at radius 2 is 1.50 bits per heavy atom. The fourth-order valence-electron chi connectivity index (χ4n) is 4.03. The summed E-state index contributed by atoms with van der Waals surface area (Å²) in [5.41, 5.74) is 5.47. The summed E-state index contributed by atoms with van der Waals surface area (Å²) in [6.07, 6.45) is 7.36. The molecule has 160 valence electrons. The largest absolute Gasteiger partial charge is 0.355 e. The molecule has 0 aromatic carbocycles. The maximum atomic E-state index is 12.3. The highest BCUT2D eigenvalue weighted by Crippen LogP contribution is 2.27. The minimum absolute atomic E-state index is 0.0223. The first-order chi connectivity index (χ1) is 13.3. The molecular formula is C21H38N4O3. The quantitative estimate of drug-likeness (QED) is 0.581. The molecule has 0 radical (unpaired) electrons. The monoisotopic (exact) mass is 394 g/mol. The maximum Gasteiger partial charge on any atom is 0.240 e. The van der Waals surface area contributed by atoms with Crippen molar-refractivity contribution in [3.8, 4) is 0 Å². The van der Waals surface area contributed by atoms with E-state index >= 15 is 0 Å². The third-order valence-electron chi connectivity index (χ3n) is 5.87. The van der Waals surface area contributed by atoms with Gasteiger partial charge in [-0.3, -0.25) is 14.4 Å². The zero-order chi connectivity index (χ0) is 20.6. The Balaban J connectivity index is 1.53. The number of amides is 3. The average Bonchev–Trinajstić information content (AvgIpc) is 3.11. The summed E-state index contributed by atoms with van der Waals surface area (Å²) in [5, 5.41) is 2.95. The molecule has 1 saturated carbocycles. The molecule has 2 aliphatic rings. The summed E-state index contributed by atoms with van der Waals surface area (Å²) in [5.74, 6) is 0.712. The van der Waals surface area contributed by atoms with Crippen LogP contribution in [0.1, 0.15) is 71.6 Å². The van der Waals surface area contributed by atoms with Crippen LogP contribution in [0.25, 0.3) is 0 Å². The lowest BCUT2D eigenvalue weighted by atomic mass is 9.98. The second-order valence-corrected chi connectivity index (χ2v) is 8.79. The van der Waals surface area contributed by atoms with Crippen molar-refractivity contribution in [3.63, 3.8) is 0 Å². The first kappa shape index (κ1) is 22.7. The number of nitrogens with one attached hydrogen (secondary N) is 1. The second-order valence-electron chi connectivity index (χ2n) is 8.79. The Labute approximate surface area is 169 Å². The van der Waals surface area contributed by atoms with E-state index in [1.807, 2.05) is 23.6 Å². The van der Waals surface area contributed by atoms with Gasteiger partial charge in [0, 0.05) is 45.6 Å². The predicted molar refractivity (Wildman–Crippen MR) is 109 cm³/mol. The van der Waals surface area contributed by atoms with Crippen LogP contribution in [0.3, 0.4) is 0 Å². The van der Waals surface area contributed by atoms with Crippen molar-refractivity contribution >= 4 is 17.7 Å². The Morgan fingerprint density at radius 3 is 2.07 bits per heavy atom. The number of nitrogens with two attached hydrogens (primary N) is 1. The van der Waals surface area contributed by atoms with Gasteiger partial charge in [0.15, 0.2) is 0 Å². The molecule has 1 saturated heterocycles. The van der Waals surface area contributed by atoms with E-state index in [0.29, 0.717) is 51.5 Å². The van der Waals surface area contributed by atoms with E-state index in [1.54, 1.807) is 0 Å². The summed E-state index contributed by atoms with van der Waals surface area (Å²) in [6.45, 7) is 7.28. The van der Waals surface area contributed by atoms with Gasteiger partial charge in [0.05, 0.1) is 5.54 Å². The van der Waals surface area contributed by atoms with E-state index in [4.69, 9.17) is 5.73 Å². The zero-order valence-electron chi connectivity index (χ0n) is 17.7. The van der Waals surface area contributed by atoms with E-state index < -0.39 is 5.54 Å². The molecule has 0 bridgehead atoms. The minimum Gasteiger partial charge on any atom is -0.355 e. The molecule has 2 rings (SSSR count). The lowest BCUT2D eigenvalue weighted by Gasteiger charge is -2.35. The number of hydrogen-bond donors (Lipinski definition) is 2. The molecule has 1 aliphatic carbocycles. The molecule has 0 atom stereocenters. The van der Waals surface area contributed by atoms with Crippen LogP contribution in [0, 0.1) is 5.92 Å². The van der Waals surface area contributed by atoms with Crippen LogP contribution in [-0.2, 0) is 14.4 Å².